The third-order valence-electron chi connectivity index (χ3n) is 6.62. The zero-order valence-electron chi connectivity index (χ0n) is 18.2. The van der Waals surface area contributed by atoms with Crippen LogP contribution in [0.25, 0.3) is 32.7 Å². The maximum Gasteiger partial charge on any atom is 0.00271 e. The van der Waals surface area contributed by atoms with Crippen LogP contribution >= 0.6 is 6.04 Å². The predicted octanol–water partition coefficient (Wildman–Crippen LogP) is 7.54. The van der Waals surface area contributed by atoms with Gasteiger partial charge in [0.2, 0.25) is 0 Å². The Labute approximate surface area is 190 Å². The van der Waals surface area contributed by atoms with Gasteiger partial charge >= 0.3 is 0 Å². The van der Waals surface area contributed by atoms with E-state index in [1.54, 1.807) is 0 Å². The van der Waals surface area contributed by atoms with Gasteiger partial charge in [-0.1, -0.05) is 91.5 Å². The standard InChI is InChI=1S/C28H30NPS/c1-2-29-17-7-8-18-30(31)19-23-15-13-21-9-3-5-11-25(21)27(23)28-24(20-30)16-14-22-10-4-6-12-26(22)28/h3-6,9-16,29H,2,7-8,17-20H2,1H3. The Morgan fingerprint density at radius 3 is 1.84 bits per heavy atom. The largest absolute Gasteiger partial charge is 0.317 e. The average molecular weight is 444 g/mol. The van der Waals surface area contributed by atoms with Crippen LogP contribution in [-0.4, -0.2) is 19.3 Å². The molecular formula is C28H30NPS. The van der Waals surface area contributed by atoms with E-state index in [0.29, 0.717) is 0 Å². The molecule has 0 saturated heterocycles. The molecule has 0 aliphatic carbocycles. The Morgan fingerprint density at radius 2 is 1.29 bits per heavy atom. The molecule has 0 spiro atoms. The second-order valence-electron chi connectivity index (χ2n) is 8.80. The predicted molar refractivity (Wildman–Crippen MR) is 141 cm³/mol. The van der Waals surface area contributed by atoms with Gasteiger partial charge in [0.25, 0.3) is 0 Å². The third kappa shape index (κ3) is 4.10. The summed E-state index contributed by atoms with van der Waals surface area (Å²) in [6, 6.07) is 25.5. The molecule has 1 aliphatic heterocycles. The quantitative estimate of drug-likeness (QED) is 0.244. The number of unbranched alkanes of at least 4 members (excludes halogenated alkanes) is 1. The van der Waals surface area contributed by atoms with E-state index in [1.165, 1.54) is 62.8 Å². The number of fused-ring (bicyclic) bond motifs is 7. The van der Waals surface area contributed by atoms with Gasteiger partial charge in [-0.05, 0) is 81.9 Å². The molecule has 1 N–H and O–H groups in total. The Kier molecular flexibility index (Phi) is 5.97. The van der Waals surface area contributed by atoms with Crippen molar-refractivity contribution in [1.82, 2.24) is 5.32 Å². The molecule has 0 fully saturated rings. The average Bonchev–Trinajstić information content (AvgIpc) is 2.92. The van der Waals surface area contributed by atoms with E-state index in [4.69, 9.17) is 11.8 Å². The van der Waals surface area contributed by atoms with Crippen LogP contribution in [0.1, 0.15) is 30.9 Å². The highest BCUT2D eigenvalue weighted by molar-refractivity contribution is 8.13. The van der Waals surface area contributed by atoms with Gasteiger partial charge in [-0.25, -0.2) is 0 Å². The van der Waals surface area contributed by atoms with Crippen molar-refractivity contribution in [3.05, 3.63) is 83.9 Å². The number of nitrogens with one attached hydrogen (secondary N) is 1. The van der Waals surface area contributed by atoms with Gasteiger partial charge in [0.05, 0.1) is 0 Å². The molecule has 0 radical (unpaired) electrons. The molecule has 0 amide bonds. The van der Waals surface area contributed by atoms with Crippen LogP contribution in [0.15, 0.2) is 72.8 Å². The summed E-state index contributed by atoms with van der Waals surface area (Å²) in [6.45, 7) is 4.33. The fraction of sp³-hybridized carbons (Fsp3) is 0.286. The second-order valence-corrected chi connectivity index (χ2v) is 14.3. The summed E-state index contributed by atoms with van der Waals surface area (Å²) in [7, 11) is 0. The van der Waals surface area contributed by atoms with Gasteiger partial charge in [0.1, 0.15) is 0 Å². The van der Waals surface area contributed by atoms with E-state index in [1.807, 2.05) is 0 Å². The van der Waals surface area contributed by atoms with Crippen LogP contribution in [0.2, 0.25) is 0 Å². The van der Waals surface area contributed by atoms with E-state index in [0.717, 1.165) is 25.4 Å². The summed E-state index contributed by atoms with van der Waals surface area (Å²) in [6.07, 6.45) is 5.81. The van der Waals surface area contributed by atoms with E-state index in [9.17, 15) is 0 Å². The lowest BCUT2D eigenvalue weighted by molar-refractivity contribution is 0.664. The van der Waals surface area contributed by atoms with Crippen LogP contribution in [-0.2, 0) is 24.1 Å². The molecule has 0 aromatic heterocycles. The van der Waals surface area contributed by atoms with E-state index in [2.05, 4.69) is 85.0 Å². The first-order chi connectivity index (χ1) is 15.2. The van der Waals surface area contributed by atoms with Crippen molar-refractivity contribution in [3.63, 3.8) is 0 Å². The van der Waals surface area contributed by atoms with Gasteiger partial charge in [-0.15, -0.1) is 0 Å². The molecule has 0 bridgehead atoms. The van der Waals surface area contributed by atoms with Gasteiger partial charge in [0.15, 0.2) is 0 Å². The number of benzene rings is 4. The van der Waals surface area contributed by atoms with Crippen molar-refractivity contribution in [2.24, 2.45) is 0 Å². The fourth-order valence-corrected chi connectivity index (χ4v) is 9.37. The van der Waals surface area contributed by atoms with Gasteiger partial charge in [0, 0.05) is 12.3 Å². The highest BCUT2D eigenvalue weighted by atomic mass is 32.4. The third-order valence-corrected chi connectivity index (χ3v) is 10.9. The van der Waals surface area contributed by atoms with Crippen LogP contribution in [0.3, 0.4) is 0 Å². The molecule has 4 aromatic carbocycles. The Bertz CT molecular complexity index is 1200. The molecule has 158 valence electrons. The summed E-state index contributed by atoms with van der Waals surface area (Å²) in [5, 5.41) is 8.84. The minimum absolute atomic E-state index is 1.05. The van der Waals surface area contributed by atoms with E-state index < -0.39 is 6.04 Å². The topological polar surface area (TPSA) is 12.0 Å². The minimum Gasteiger partial charge on any atom is -0.317 e. The summed E-state index contributed by atoms with van der Waals surface area (Å²) in [5.41, 5.74) is 5.79. The monoisotopic (exact) mass is 443 g/mol. The molecule has 1 heterocycles. The van der Waals surface area contributed by atoms with Crippen molar-refractivity contribution in [2.45, 2.75) is 32.1 Å². The summed E-state index contributed by atoms with van der Waals surface area (Å²) < 4.78 is 0. The summed E-state index contributed by atoms with van der Waals surface area (Å²) in [4.78, 5) is 0. The van der Waals surface area contributed by atoms with Crippen LogP contribution in [0.5, 0.6) is 0 Å². The number of rotatable bonds is 6. The molecule has 1 nitrogen and oxygen atoms in total. The molecule has 5 rings (SSSR count). The smallest absolute Gasteiger partial charge is 0.00271 e. The second kappa shape index (κ2) is 8.87. The molecule has 4 aromatic rings. The lowest BCUT2D eigenvalue weighted by Crippen LogP contribution is -2.14. The van der Waals surface area contributed by atoms with E-state index >= 15 is 0 Å². The first-order valence-corrected chi connectivity index (χ1v) is 14.8. The van der Waals surface area contributed by atoms with E-state index in [-0.39, 0.29) is 0 Å². The summed E-state index contributed by atoms with van der Waals surface area (Å²) in [5.74, 6) is 0. The molecule has 0 unspecified atom stereocenters. The molecule has 3 heteroatoms. The molecule has 1 aliphatic rings. The Hall–Kier alpha value is -1.99. The van der Waals surface area contributed by atoms with Gasteiger partial charge in [-0.2, -0.15) is 0 Å². The minimum atomic E-state index is -1.52. The molecule has 0 saturated carbocycles. The van der Waals surface area contributed by atoms with Crippen LogP contribution < -0.4 is 5.32 Å². The zero-order valence-corrected chi connectivity index (χ0v) is 19.9. The van der Waals surface area contributed by atoms with Crippen molar-refractivity contribution in [1.29, 1.82) is 0 Å². The molecule has 0 atom stereocenters. The zero-order chi connectivity index (χ0) is 21.3. The maximum atomic E-state index is 6.51. The SMILES string of the molecule is CCNCCCCP1(=S)Cc2ccc3ccccc3c2-c2c(ccc3ccccc23)C1. The highest BCUT2D eigenvalue weighted by Gasteiger charge is 2.28. The highest BCUT2D eigenvalue weighted by Crippen LogP contribution is 2.59. The molecule has 31 heavy (non-hydrogen) atoms. The summed E-state index contributed by atoms with van der Waals surface area (Å²) >= 11 is 6.51. The number of hydrogen-bond acceptors (Lipinski definition) is 2. The van der Waals surface area contributed by atoms with Crippen LogP contribution in [0, 0.1) is 0 Å². The first kappa shape index (κ1) is 20.9. The lowest BCUT2D eigenvalue weighted by Gasteiger charge is -2.21. The Balaban J connectivity index is 1.68. The Morgan fingerprint density at radius 1 is 0.742 bits per heavy atom. The fourth-order valence-electron chi connectivity index (χ4n) is 5.15. The maximum absolute atomic E-state index is 6.51. The van der Waals surface area contributed by atoms with Gasteiger partial charge < -0.3 is 5.32 Å². The van der Waals surface area contributed by atoms with Gasteiger partial charge in [-0.3, -0.25) is 0 Å². The first-order valence-electron chi connectivity index (χ1n) is 11.5. The van der Waals surface area contributed by atoms with Crippen molar-refractivity contribution in [3.8, 4) is 11.1 Å². The normalized spacial score (nSPS) is 14.9. The molecular weight excluding hydrogens is 413 g/mol. The number of hydrogen-bond donors (Lipinski definition) is 1. The van der Waals surface area contributed by atoms with Crippen molar-refractivity contribution < 1.29 is 0 Å². The lowest BCUT2D eigenvalue weighted by atomic mass is 9.88. The van der Waals surface area contributed by atoms with Crippen molar-refractivity contribution in [2.75, 3.05) is 19.3 Å². The van der Waals surface area contributed by atoms with Crippen molar-refractivity contribution >= 4 is 39.4 Å². The van der Waals surface area contributed by atoms with Crippen LogP contribution in [0.4, 0.5) is 0 Å².